The maximum atomic E-state index is 11.9. The second-order valence-corrected chi connectivity index (χ2v) is 8.46. The molecular formula is C21H34N6O3. The number of amides is 1. The van der Waals surface area contributed by atoms with Gasteiger partial charge in [-0.15, -0.1) is 0 Å². The van der Waals surface area contributed by atoms with Crippen LogP contribution in [0.2, 0.25) is 0 Å². The van der Waals surface area contributed by atoms with Crippen molar-refractivity contribution in [1.29, 1.82) is 0 Å². The second-order valence-electron chi connectivity index (χ2n) is 8.46. The van der Waals surface area contributed by atoms with Crippen LogP contribution in [0.5, 0.6) is 5.88 Å². The lowest BCUT2D eigenvalue weighted by Crippen LogP contribution is -2.46. The Kier molecular flexibility index (Phi) is 9.54. The van der Waals surface area contributed by atoms with Gasteiger partial charge in [0.1, 0.15) is 11.4 Å². The minimum absolute atomic E-state index is 0.120. The van der Waals surface area contributed by atoms with Crippen molar-refractivity contribution in [2.24, 2.45) is 5.11 Å². The summed E-state index contributed by atoms with van der Waals surface area (Å²) in [6, 6.07) is 5.95. The lowest BCUT2D eigenvalue weighted by atomic mass is 10.1. The Morgan fingerprint density at radius 3 is 2.70 bits per heavy atom. The first-order chi connectivity index (χ1) is 14.4. The van der Waals surface area contributed by atoms with E-state index >= 15 is 0 Å². The summed E-state index contributed by atoms with van der Waals surface area (Å²) < 4.78 is 11.1. The zero-order chi connectivity index (χ0) is 21.8. The van der Waals surface area contributed by atoms with Crippen molar-refractivity contribution in [2.75, 3.05) is 31.1 Å². The van der Waals surface area contributed by atoms with E-state index in [0.717, 1.165) is 57.4 Å². The fraction of sp³-hybridized carbons (Fsp3) is 0.714. The molecule has 9 heteroatoms. The van der Waals surface area contributed by atoms with Gasteiger partial charge in [0.05, 0.1) is 6.61 Å². The van der Waals surface area contributed by atoms with Crippen molar-refractivity contribution in [3.63, 3.8) is 0 Å². The maximum Gasteiger partial charge on any atom is 0.407 e. The smallest absolute Gasteiger partial charge is 0.407 e. The maximum absolute atomic E-state index is 11.9. The van der Waals surface area contributed by atoms with Gasteiger partial charge in [0.15, 0.2) is 0 Å². The second kappa shape index (κ2) is 12.1. The Bertz CT molecular complexity index is 707. The molecule has 0 aromatic carbocycles. The summed E-state index contributed by atoms with van der Waals surface area (Å²) >= 11 is 0. The number of hydrogen-bond donors (Lipinski definition) is 1. The largest absolute Gasteiger partial charge is 0.478 e. The topological polar surface area (TPSA) is 112 Å². The van der Waals surface area contributed by atoms with E-state index in [1.54, 1.807) is 0 Å². The normalized spacial score (nSPS) is 14.7. The third kappa shape index (κ3) is 9.22. The van der Waals surface area contributed by atoms with Gasteiger partial charge in [-0.1, -0.05) is 24.0 Å². The number of pyridine rings is 1. The number of azide groups is 1. The molecule has 1 fully saturated rings. The van der Waals surface area contributed by atoms with Gasteiger partial charge >= 0.3 is 6.09 Å². The SMILES string of the molecule is CC(C)(C)OC(=O)NC1CCN(c2cccc(OCCCCCCN=[N+]=[N-])n2)CC1. The summed E-state index contributed by atoms with van der Waals surface area (Å²) in [6.45, 7) is 8.42. The van der Waals surface area contributed by atoms with Gasteiger partial charge in [-0.05, 0) is 58.1 Å². The molecule has 30 heavy (non-hydrogen) atoms. The van der Waals surface area contributed by atoms with Gasteiger partial charge in [0.25, 0.3) is 0 Å². The molecule has 1 amide bonds. The van der Waals surface area contributed by atoms with Crippen molar-refractivity contribution in [3.05, 3.63) is 28.6 Å². The molecule has 1 aliphatic heterocycles. The lowest BCUT2D eigenvalue weighted by molar-refractivity contribution is 0.0497. The van der Waals surface area contributed by atoms with Crippen LogP contribution in [0.4, 0.5) is 10.6 Å². The quantitative estimate of drug-likeness (QED) is 0.253. The van der Waals surface area contributed by atoms with Gasteiger partial charge in [0.2, 0.25) is 5.88 Å². The van der Waals surface area contributed by atoms with Gasteiger partial charge in [-0.3, -0.25) is 0 Å². The Hall–Kier alpha value is -2.67. The Labute approximate surface area is 178 Å². The predicted molar refractivity (Wildman–Crippen MR) is 117 cm³/mol. The summed E-state index contributed by atoms with van der Waals surface area (Å²) in [6.07, 6.45) is 5.28. The van der Waals surface area contributed by atoms with Crippen LogP contribution in [0.25, 0.3) is 10.4 Å². The Balaban J connectivity index is 1.70. The number of carbonyl (C=O) groups excluding carboxylic acids is 1. The summed E-state index contributed by atoms with van der Waals surface area (Å²) in [7, 11) is 0. The molecule has 1 aromatic heterocycles. The van der Waals surface area contributed by atoms with Crippen LogP contribution < -0.4 is 15.0 Å². The summed E-state index contributed by atoms with van der Waals surface area (Å²) in [5.74, 6) is 1.54. The van der Waals surface area contributed by atoms with E-state index in [2.05, 4.69) is 25.2 Å². The molecule has 1 aromatic rings. The van der Waals surface area contributed by atoms with E-state index in [4.69, 9.17) is 15.0 Å². The molecule has 1 aliphatic rings. The fourth-order valence-corrected chi connectivity index (χ4v) is 3.25. The standard InChI is InChI=1S/C21H34N6O3/c1-21(2,3)30-20(28)24-17-11-14-27(15-12-17)18-9-8-10-19(25-18)29-16-7-5-4-6-13-23-26-22/h8-10,17H,4-7,11-16H2,1-3H3,(H,24,28). The number of nitrogens with zero attached hydrogens (tertiary/aromatic N) is 5. The fourth-order valence-electron chi connectivity index (χ4n) is 3.25. The first kappa shape index (κ1) is 23.6. The number of rotatable bonds is 10. The van der Waals surface area contributed by atoms with Gasteiger partial charge < -0.3 is 19.7 Å². The molecule has 2 rings (SSSR count). The Morgan fingerprint density at radius 2 is 2.00 bits per heavy atom. The number of nitrogens with one attached hydrogen (secondary N) is 1. The number of ether oxygens (including phenoxy) is 2. The highest BCUT2D eigenvalue weighted by Crippen LogP contribution is 2.21. The molecule has 0 saturated carbocycles. The molecule has 1 N–H and O–H groups in total. The highest BCUT2D eigenvalue weighted by molar-refractivity contribution is 5.68. The molecule has 0 unspecified atom stereocenters. The van der Waals surface area contributed by atoms with Crippen molar-refractivity contribution in [1.82, 2.24) is 10.3 Å². The first-order valence-corrected chi connectivity index (χ1v) is 10.7. The van der Waals surface area contributed by atoms with Crippen molar-refractivity contribution >= 4 is 11.9 Å². The van der Waals surface area contributed by atoms with Crippen LogP contribution in [0.3, 0.4) is 0 Å². The summed E-state index contributed by atoms with van der Waals surface area (Å²) in [5.41, 5.74) is 7.76. The van der Waals surface area contributed by atoms with E-state index in [1.165, 1.54) is 0 Å². The average Bonchev–Trinajstić information content (AvgIpc) is 2.69. The Morgan fingerprint density at radius 1 is 1.27 bits per heavy atom. The molecule has 166 valence electrons. The van der Waals surface area contributed by atoms with Gasteiger partial charge in [0, 0.05) is 36.7 Å². The monoisotopic (exact) mass is 418 g/mol. The van der Waals surface area contributed by atoms with E-state index in [9.17, 15) is 4.79 Å². The third-order valence-electron chi connectivity index (χ3n) is 4.71. The summed E-state index contributed by atoms with van der Waals surface area (Å²) in [4.78, 5) is 21.5. The highest BCUT2D eigenvalue weighted by atomic mass is 16.6. The number of piperidine rings is 1. The van der Waals surface area contributed by atoms with E-state index < -0.39 is 5.60 Å². The van der Waals surface area contributed by atoms with Crippen LogP contribution in [0, 0.1) is 0 Å². The highest BCUT2D eigenvalue weighted by Gasteiger charge is 2.24. The zero-order valence-corrected chi connectivity index (χ0v) is 18.3. The van der Waals surface area contributed by atoms with E-state index in [1.807, 2.05) is 39.0 Å². The molecule has 0 spiro atoms. The number of anilines is 1. The van der Waals surface area contributed by atoms with Gasteiger partial charge in [-0.2, -0.15) is 4.98 Å². The third-order valence-corrected chi connectivity index (χ3v) is 4.71. The molecule has 0 aliphatic carbocycles. The number of aromatic nitrogens is 1. The molecule has 0 bridgehead atoms. The molecule has 1 saturated heterocycles. The molecular weight excluding hydrogens is 384 g/mol. The minimum Gasteiger partial charge on any atom is -0.478 e. The van der Waals surface area contributed by atoms with E-state index in [0.29, 0.717) is 19.0 Å². The molecule has 2 heterocycles. The number of unbranched alkanes of at least 4 members (excludes halogenated alkanes) is 3. The number of hydrogen-bond acceptors (Lipinski definition) is 6. The van der Waals surface area contributed by atoms with Crippen molar-refractivity contribution < 1.29 is 14.3 Å². The van der Waals surface area contributed by atoms with Crippen molar-refractivity contribution in [3.8, 4) is 5.88 Å². The summed E-state index contributed by atoms with van der Waals surface area (Å²) in [5, 5.41) is 6.49. The minimum atomic E-state index is -0.485. The number of alkyl carbamates (subject to hydrolysis) is 1. The van der Waals surface area contributed by atoms with Crippen LogP contribution in [-0.4, -0.2) is 49.0 Å². The van der Waals surface area contributed by atoms with Crippen LogP contribution in [0.15, 0.2) is 23.3 Å². The molecule has 9 nitrogen and oxygen atoms in total. The van der Waals surface area contributed by atoms with Crippen molar-refractivity contribution in [2.45, 2.75) is 70.9 Å². The molecule has 0 atom stereocenters. The van der Waals surface area contributed by atoms with Crippen LogP contribution in [0.1, 0.15) is 59.3 Å². The predicted octanol–water partition coefficient (Wildman–Crippen LogP) is 4.82. The van der Waals surface area contributed by atoms with Crippen LogP contribution >= 0.6 is 0 Å². The molecule has 0 radical (unpaired) electrons. The zero-order valence-electron chi connectivity index (χ0n) is 18.3. The number of carbonyl (C=O) groups is 1. The average molecular weight is 419 g/mol. The lowest BCUT2D eigenvalue weighted by Gasteiger charge is -2.33. The first-order valence-electron chi connectivity index (χ1n) is 10.7. The van der Waals surface area contributed by atoms with Gasteiger partial charge in [-0.25, -0.2) is 4.79 Å². The van der Waals surface area contributed by atoms with E-state index in [-0.39, 0.29) is 12.1 Å². The van der Waals surface area contributed by atoms with Crippen LogP contribution in [-0.2, 0) is 4.74 Å².